The summed E-state index contributed by atoms with van der Waals surface area (Å²) >= 11 is 0. The lowest BCUT2D eigenvalue weighted by molar-refractivity contribution is 0.0524. The van der Waals surface area contributed by atoms with Gasteiger partial charge in [0.05, 0.1) is 28.9 Å². The van der Waals surface area contributed by atoms with Gasteiger partial charge in [0.15, 0.2) is 5.82 Å². The van der Waals surface area contributed by atoms with E-state index in [0.717, 1.165) is 18.4 Å². The molecule has 2 aliphatic rings. The Morgan fingerprint density at radius 2 is 1.86 bits per heavy atom. The lowest BCUT2D eigenvalue weighted by Crippen LogP contribution is -2.54. The SMILES string of the molecule is CCOC(=O)c1cn(C2CC2)c2cc(N3C[C@@H](C)N[C@@H](C)C3)c(F)c(NCc3ccccc3)c2c1=O. The average molecular weight is 493 g/mol. The maximum Gasteiger partial charge on any atom is 0.343 e. The van der Waals surface area contributed by atoms with Crippen molar-refractivity contribution >= 4 is 28.2 Å². The van der Waals surface area contributed by atoms with Crippen LogP contribution in [0.5, 0.6) is 0 Å². The van der Waals surface area contributed by atoms with Gasteiger partial charge in [0, 0.05) is 44.0 Å². The molecule has 2 heterocycles. The summed E-state index contributed by atoms with van der Waals surface area (Å²) in [7, 11) is 0. The molecule has 1 saturated carbocycles. The van der Waals surface area contributed by atoms with Crippen molar-refractivity contribution in [1.29, 1.82) is 0 Å². The molecular weight excluding hydrogens is 459 g/mol. The third kappa shape index (κ3) is 4.69. The maximum absolute atomic E-state index is 16.4. The van der Waals surface area contributed by atoms with Crippen LogP contribution in [-0.2, 0) is 11.3 Å². The number of carbonyl (C=O) groups is 1. The zero-order valence-corrected chi connectivity index (χ0v) is 21.0. The molecule has 0 bridgehead atoms. The number of nitrogens with zero attached hydrogens (tertiary/aromatic N) is 2. The van der Waals surface area contributed by atoms with E-state index in [1.165, 1.54) is 0 Å². The van der Waals surface area contributed by atoms with Gasteiger partial charge in [-0.15, -0.1) is 0 Å². The molecule has 1 aliphatic heterocycles. The number of esters is 1. The molecule has 8 heteroatoms. The van der Waals surface area contributed by atoms with Gasteiger partial charge in [-0.25, -0.2) is 9.18 Å². The zero-order chi connectivity index (χ0) is 25.4. The highest BCUT2D eigenvalue weighted by Gasteiger charge is 2.31. The van der Waals surface area contributed by atoms with Crippen LogP contribution >= 0.6 is 0 Å². The highest BCUT2D eigenvalue weighted by molar-refractivity contribution is 6.00. The molecule has 2 aromatic carbocycles. The Morgan fingerprint density at radius 1 is 1.17 bits per heavy atom. The van der Waals surface area contributed by atoms with Crippen LogP contribution in [0.15, 0.2) is 47.4 Å². The Morgan fingerprint density at radius 3 is 2.50 bits per heavy atom. The van der Waals surface area contributed by atoms with Gasteiger partial charge in [-0.3, -0.25) is 4.79 Å². The molecule has 36 heavy (non-hydrogen) atoms. The molecule has 1 aliphatic carbocycles. The van der Waals surface area contributed by atoms with Gasteiger partial charge in [0.1, 0.15) is 5.56 Å². The fourth-order valence-electron chi connectivity index (χ4n) is 5.18. The Balaban J connectivity index is 1.72. The fraction of sp³-hybridized carbons (Fsp3) is 0.429. The Labute approximate surface area is 210 Å². The number of carbonyl (C=O) groups excluding carboxylic acids is 1. The van der Waals surface area contributed by atoms with Crippen molar-refractivity contribution in [3.63, 3.8) is 0 Å². The third-order valence-corrected chi connectivity index (χ3v) is 6.89. The van der Waals surface area contributed by atoms with Gasteiger partial charge in [-0.2, -0.15) is 0 Å². The molecule has 0 amide bonds. The van der Waals surface area contributed by atoms with E-state index in [1.54, 1.807) is 19.2 Å². The number of benzene rings is 2. The number of halogens is 1. The number of anilines is 2. The topological polar surface area (TPSA) is 75.6 Å². The van der Waals surface area contributed by atoms with Gasteiger partial charge < -0.3 is 24.8 Å². The maximum atomic E-state index is 16.4. The van der Waals surface area contributed by atoms with Crippen LogP contribution in [0.1, 0.15) is 55.6 Å². The van der Waals surface area contributed by atoms with E-state index >= 15 is 4.39 Å². The minimum atomic E-state index is -0.679. The molecule has 2 atom stereocenters. The summed E-state index contributed by atoms with van der Waals surface area (Å²) < 4.78 is 23.5. The lowest BCUT2D eigenvalue weighted by atomic mass is 10.0. The van der Waals surface area contributed by atoms with Crippen LogP contribution in [0.4, 0.5) is 15.8 Å². The van der Waals surface area contributed by atoms with Crippen LogP contribution in [0.2, 0.25) is 0 Å². The molecule has 190 valence electrons. The zero-order valence-electron chi connectivity index (χ0n) is 21.0. The number of pyridine rings is 1. The van der Waals surface area contributed by atoms with E-state index in [2.05, 4.69) is 29.4 Å². The smallest absolute Gasteiger partial charge is 0.343 e. The summed E-state index contributed by atoms with van der Waals surface area (Å²) in [6, 6.07) is 12.0. The quantitative estimate of drug-likeness (QED) is 0.475. The average Bonchev–Trinajstić information content (AvgIpc) is 3.69. The van der Waals surface area contributed by atoms with Crippen molar-refractivity contribution in [1.82, 2.24) is 9.88 Å². The second-order valence-electron chi connectivity index (χ2n) is 9.92. The van der Waals surface area contributed by atoms with Crippen LogP contribution in [0.3, 0.4) is 0 Å². The van der Waals surface area contributed by atoms with Gasteiger partial charge in [-0.05, 0) is 45.2 Å². The fourth-order valence-corrected chi connectivity index (χ4v) is 5.18. The molecule has 0 spiro atoms. The van der Waals surface area contributed by atoms with E-state index < -0.39 is 17.2 Å². The molecule has 2 fully saturated rings. The molecule has 0 unspecified atom stereocenters. The number of rotatable bonds is 7. The van der Waals surface area contributed by atoms with Crippen molar-refractivity contribution in [2.24, 2.45) is 0 Å². The number of piperazine rings is 1. The summed E-state index contributed by atoms with van der Waals surface area (Å²) in [4.78, 5) is 28.4. The molecule has 0 radical (unpaired) electrons. The normalized spacial score (nSPS) is 19.9. The second kappa shape index (κ2) is 9.93. The van der Waals surface area contributed by atoms with E-state index in [9.17, 15) is 9.59 Å². The van der Waals surface area contributed by atoms with Gasteiger partial charge >= 0.3 is 5.97 Å². The van der Waals surface area contributed by atoms with Crippen LogP contribution in [0, 0.1) is 5.82 Å². The van der Waals surface area contributed by atoms with E-state index in [0.29, 0.717) is 30.8 Å². The summed E-state index contributed by atoms with van der Waals surface area (Å²) in [5.74, 6) is -1.15. The predicted molar refractivity (Wildman–Crippen MR) is 140 cm³/mol. The summed E-state index contributed by atoms with van der Waals surface area (Å²) in [6.45, 7) is 7.68. The Bertz CT molecular complexity index is 1330. The largest absolute Gasteiger partial charge is 0.462 e. The van der Waals surface area contributed by atoms with Crippen LogP contribution < -0.4 is 21.0 Å². The van der Waals surface area contributed by atoms with E-state index in [1.807, 2.05) is 34.9 Å². The van der Waals surface area contributed by atoms with Crippen molar-refractivity contribution in [2.75, 3.05) is 29.9 Å². The predicted octanol–water partition coefficient (Wildman–Crippen LogP) is 4.45. The third-order valence-electron chi connectivity index (χ3n) is 6.89. The molecular formula is C28H33FN4O3. The van der Waals surface area contributed by atoms with Crippen LogP contribution in [0.25, 0.3) is 10.9 Å². The number of nitrogens with one attached hydrogen (secondary N) is 2. The van der Waals surface area contributed by atoms with Gasteiger partial charge in [0.2, 0.25) is 5.43 Å². The number of ether oxygens (including phenoxy) is 1. The lowest BCUT2D eigenvalue weighted by Gasteiger charge is -2.38. The monoisotopic (exact) mass is 492 g/mol. The first-order valence-electron chi connectivity index (χ1n) is 12.7. The first-order chi connectivity index (χ1) is 17.4. The standard InChI is InChI=1S/C28H33FN4O3/c1-4-36-28(35)21-16-33(20-10-11-20)22-12-23(32-14-17(2)31-18(3)15-32)25(29)26(24(22)27(21)34)30-13-19-8-6-5-7-9-19/h5-9,12,16-18,20,30-31H,4,10-11,13-15H2,1-3H3/t17-,18+. The summed E-state index contributed by atoms with van der Waals surface area (Å²) in [5.41, 5.74) is 1.64. The van der Waals surface area contributed by atoms with Crippen molar-refractivity contribution in [3.05, 3.63) is 69.8 Å². The first kappa shape index (κ1) is 24.3. The number of hydrogen-bond acceptors (Lipinski definition) is 6. The van der Waals surface area contributed by atoms with Gasteiger partial charge in [0.25, 0.3) is 0 Å². The molecule has 1 saturated heterocycles. The Hall–Kier alpha value is -3.39. The van der Waals surface area contributed by atoms with Crippen molar-refractivity contribution < 1.29 is 13.9 Å². The minimum absolute atomic E-state index is 0.0596. The van der Waals surface area contributed by atoms with E-state index in [4.69, 9.17) is 4.74 Å². The van der Waals surface area contributed by atoms with Crippen LogP contribution in [-0.4, -0.2) is 42.3 Å². The highest BCUT2D eigenvalue weighted by Crippen LogP contribution is 2.41. The minimum Gasteiger partial charge on any atom is -0.462 e. The molecule has 1 aromatic heterocycles. The van der Waals surface area contributed by atoms with Gasteiger partial charge in [-0.1, -0.05) is 30.3 Å². The number of aromatic nitrogens is 1. The van der Waals surface area contributed by atoms with Crippen molar-refractivity contribution in [3.8, 4) is 0 Å². The van der Waals surface area contributed by atoms with Crippen molar-refractivity contribution in [2.45, 2.75) is 58.3 Å². The highest BCUT2D eigenvalue weighted by atomic mass is 19.1. The number of fused-ring (bicyclic) bond motifs is 1. The second-order valence-corrected chi connectivity index (χ2v) is 9.92. The molecule has 7 nitrogen and oxygen atoms in total. The Kier molecular flexibility index (Phi) is 6.71. The summed E-state index contributed by atoms with van der Waals surface area (Å²) in [6.07, 6.45) is 3.49. The number of hydrogen-bond donors (Lipinski definition) is 2. The molecule has 2 N–H and O–H groups in total. The molecule has 5 rings (SSSR count). The molecule has 3 aromatic rings. The van der Waals surface area contributed by atoms with E-state index in [-0.39, 0.29) is 41.4 Å². The first-order valence-corrected chi connectivity index (χ1v) is 12.7. The summed E-state index contributed by atoms with van der Waals surface area (Å²) in [5, 5.41) is 6.90.